The normalized spacial score (nSPS) is 17.8. The fourth-order valence-electron chi connectivity index (χ4n) is 4.01. The van der Waals surface area contributed by atoms with Crippen LogP contribution >= 0.6 is 15.9 Å². The number of halogens is 1. The van der Waals surface area contributed by atoms with Gasteiger partial charge in [0.25, 0.3) is 0 Å². The number of nitrogens with one attached hydrogen (secondary N) is 1. The zero-order valence-electron chi connectivity index (χ0n) is 16.8. The fourth-order valence-corrected chi connectivity index (χ4v) is 6.16. The number of amides is 1. The molecule has 2 aromatic rings. The second-order valence-corrected chi connectivity index (χ2v) is 9.94. The van der Waals surface area contributed by atoms with Crippen LogP contribution in [-0.2, 0) is 27.7 Å². The number of nitrogens with zero attached hydrogens (tertiary/aromatic N) is 1. The van der Waals surface area contributed by atoms with Gasteiger partial charge < -0.3 is 14.4 Å². The summed E-state index contributed by atoms with van der Waals surface area (Å²) in [6.45, 7) is 4.55. The summed E-state index contributed by atoms with van der Waals surface area (Å²) in [7, 11) is -3.88. The summed E-state index contributed by atoms with van der Waals surface area (Å²) < 4.78 is 41.5. The molecule has 1 N–H and O–H groups in total. The Morgan fingerprint density at radius 3 is 2.87 bits per heavy atom. The van der Waals surface area contributed by atoms with E-state index in [2.05, 4.69) is 20.7 Å². The number of carbonyl (C=O) groups is 1. The Balaban J connectivity index is 1.63. The lowest BCUT2D eigenvalue weighted by Crippen LogP contribution is -2.43. The van der Waals surface area contributed by atoms with E-state index in [1.807, 2.05) is 31.2 Å². The van der Waals surface area contributed by atoms with E-state index in [1.54, 1.807) is 6.07 Å². The lowest BCUT2D eigenvalue weighted by atomic mass is 10.0. The van der Waals surface area contributed by atoms with Crippen molar-refractivity contribution in [1.29, 1.82) is 0 Å². The lowest BCUT2D eigenvalue weighted by molar-refractivity contribution is -0.116. The van der Waals surface area contributed by atoms with Crippen LogP contribution in [0.5, 0.6) is 11.5 Å². The van der Waals surface area contributed by atoms with E-state index >= 15 is 0 Å². The van der Waals surface area contributed by atoms with Crippen molar-refractivity contribution in [3.05, 3.63) is 45.9 Å². The van der Waals surface area contributed by atoms with Crippen LogP contribution in [0.15, 0.2) is 39.7 Å². The first-order valence-corrected chi connectivity index (χ1v) is 12.1. The zero-order chi connectivity index (χ0) is 21.5. The maximum atomic E-state index is 13.3. The molecule has 2 heterocycles. The molecule has 0 unspecified atom stereocenters. The molecule has 0 spiro atoms. The summed E-state index contributed by atoms with van der Waals surface area (Å²) in [6.07, 6.45) is 1.11. The first-order chi connectivity index (χ1) is 14.3. The monoisotopic (exact) mass is 494 g/mol. The number of para-hydroxylation sites is 1. The van der Waals surface area contributed by atoms with Crippen molar-refractivity contribution in [2.75, 3.05) is 24.7 Å². The second-order valence-electron chi connectivity index (χ2n) is 7.34. The number of anilines is 1. The molecular formula is C21H23BrN2O5S. The summed E-state index contributed by atoms with van der Waals surface area (Å²) in [6, 6.07) is 8.61. The molecule has 9 heteroatoms. The maximum absolute atomic E-state index is 13.3. The smallest absolute Gasteiger partial charge is 0.243 e. The average molecular weight is 495 g/mol. The number of hydrogen-bond donors (Lipinski definition) is 1. The van der Waals surface area contributed by atoms with E-state index in [9.17, 15) is 13.2 Å². The number of sulfonamides is 1. The summed E-state index contributed by atoms with van der Waals surface area (Å²) >= 11 is 3.40. The third-order valence-electron chi connectivity index (χ3n) is 5.24. The first-order valence-electron chi connectivity index (χ1n) is 9.80. The Kier molecular flexibility index (Phi) is 5.78. The molecule has 30 heavy (non-hydrogen) atoms. The van der Waals surface area contributed by atoms with Crippen LogP contribution in [0.2, 0.25) is 0 Å². The van der Waals surface area contributed by atoms with Crippen LogP contribution in [0, 0.1) is 0 Å². The highest BCUT2D eigenvalue weighted by Crippen LogP contribution is 2.38. The van der Waals surface area contributed by atoms with Crippen LogP contribution in [0.3, 0.4) is 0 Å². The van der Waals surface area contributed by atoms with Crippen molar-refractivity contribution in [3.63, 3.8) is 0 Å². The molecule has 1 amide bonds. The van der Waals surface area contributed by atoms with Crippen molar-refractivity contribution in [1.82, 2.24) is 4.72 Å². The predicted octanol–water partition coefficient (Wildman–Crippen LogP) is 3.04. The van der Waals surface area contributed by atoms with E-state index in [1.165, 1.54) is 11.8 Å². The molecule has 2 aromatic carbocycles. The highest BCUT2D eigenvalue weighted by molar-refractivity contribution is 9.10. The maximum Gasteiger partial charge on any atom is 0.243 e. The number of rotatable bonds is 5. The minimum atomic E-state index is -3.88. The molecule has 0 bridgehead atoms. The number of ether oxygens (including phenoxy) is 2. The topological polar surface area (TPSA) is 84.9 Å². The van der Waals surface area contributed by atoms with Crippen LogP contribution < -0.4 is 19.1 Å². The van der Waals surface area contributed by atoms with Gasteiger partial charge in [0, 0.05) is 17.9 Å². The third kappa shape index (κ3) is 3.93. The molecule has 0 aliphatic carbocycles. The molecule has 7 nitrogen and oxygen atoms in total. The van der Waals surface area contributed by atoms with E-state index < -0.39 is 16.1 Å². The van der Waals surface area contributed by atoms with Gasteiger partial charge in [0.05, 0.1) is 18.3 Å². The van der Waals surface area contributed by atoms with Gasteiger partial charge in [0.15, 0.2) is 11.5 Å². The van der Waals surface area contributed by atoms with E-state index in [0.717, 1.165) is 11.1 Å². The van der Waals surface area contributed by atoms with Gasteiger partial charge in [0.1, 0.15) is 11.5 Å². The van der Waals surface area contributed by atoms with E-state index in [-0.39, 0.29) is 17.4 Å². The molecule has 0 aromatic heterocycles. The van der Waals surface area contributed by atoms with Crippen molar-refractivity contribution in [2.24, 2.45) is 0 Å². The largest absolute Gasteiger partial charge is 0.490 e. The van der Waals surface area contributed by atoms with Crippen LogP contribution in [0.4, 0.5) is 5.69 Å². The summed E-state index contributed by atoms with van der Waals surface area (Å²) in [5.74, 6) is 1.16. The van der Waals surface area contributed by atoms with Crippen LogP contribution in [0.1, 0.15) is 25.0 Å². The fraction of sp³-hybridized carbons (Fsp3) is 0.381. The van der Waals surface area contributed by atoms with Gasteiger partial charge in [-0.1, -0.05) is 28.1 Å². The number of fused-ring (bicyclic) bond motifs is 2. The average Bonchev–Trinajstić information content (AvgIpc) is 3.11. The molecule has 0 saturated carbocycles. The van der Waals surface area contributed by atoms with Crippen molar-refractivity contribution in [3.8, 4) is 11.5 Å². The molecule has 0 radical (unpaired) electrons. The summed E-state index contributed by atoms with van der Waals surface area (Å²) in [5, 5.41) is 0. The van der Waals surface area contributed by atoms with Crippen molar-refractivity contribution < 1.29 is 22.7 Å². The van der Waals surface area contributed by atoms with Gasteiger partial charge in [-0.25, -0.2) is 13.1 Å². The minimum absolute atomic E-state index is 0.105. The van der Waals surface area contributed by atoms with Gasteiger partial charge >= 0.3 is 0 Å². The minimum Gasteiger partial charge on any atom is -0.490 e. The first kappa shape index (κ1) is 21.1. The van der Waals surface area contributed by atoms with E-state index in [4.69, 9.17) is 9.47 Å². The molecule has 0 saturated heterocycles. The van der Waals surface area contributed by atoms with Gasteiger partial charge in [-0.05, 0) is 49.1 Å². The van der Waals surface area contributed by atoms with E-state index in [0.29, 0.717) is 47.7 Å². The standard InChI is InChI=1S/C21H23BrN2O5S/c1-3-28-18-6-4-5-15-10-17(12-29-21(15)18)23-30(26,27)19-11-16(22)9-14-7-8-24(13(2)25)20(14)19/h4-6,9,11,17,23H,3,7-8,10,12H2,1-2H3/t17-/m1/s1. The zero-order valence-corrected chi connectivity index (χ0v) is 19.2. The van der Waals surface area contributed by atoms with Gasteiger partial charge in [-0.15, -0.1) is 0 Å². The van der Waals surface area contributed by atoms with Gasteiger partial charge in [-0.3, -0.25) is 4.79 Å². The Morgan fingerprint density at radius 2 is 2.13 bits per heavy atom. The Hall–Kier alpha value is -2.10. The number of hydrogen-bond acceptors (Lipinski definition) is 5. The molecule has 4 rings (SSSR count). The van der Waals surface area contributed by atoms with Crippen LogP contribution in [0.25, 0.3) is 0 Å². The third-order valence-corrected chi connectivity index (χ3v) is 7.23. The molecule has 0 fully saturated rings. The molecule has 2 aliphatic rings. The molecule has 160 valence electrons. The van der Waals surface area contributed by atoms with Crippen molar-refractivity contribution in [2.45, 2.75) is 37.6 Å². The lowest BCUT2D eigenvalue weighted by Gasteiger charge is -2.28. The molecular weight excluding hydrogens is 472 g/mol. The molecule has 1 atom stereocenters. The van der Waals surface area contributed by atoms with Gasteiger partial charge in [0.2, 0.25) is 15.9 Å². The Morgan fingerprint density at radius 1 is 1.33 bits per heavy atom. The number of benzene rings is 2. The summed E-state index contributed by atoms with van der Waals surface area (Å²) in [5.41, 5.74) is 2.20. The highest BCUT2D eigenvalue weighted by atomic mass is 79.9. The van der Waals surface area contributed by atoms with Crippen molar-refractivity contribution >= 4 is 37.5 Å². The highest BCUT2D eigenvalue weighted by Gasteiger charge is 2.34. The summed E-state index contributed by atoms with van der Waals surface area (Å²) in [4.78, 5) is 13.7. The van der Waals surface area contributed by atoms with Crippen LogP contribution in [-0.4, -0.2) is 40.1 Å². The van der Waals surface area contributed by atoms with Gasteiger partial charge in [-0.2, -0.15) is 0 Å². The Bertz CT molecular complexity index is 1100. The predicted molar refractivity (Wildman–Crippen MR) is 117 cm³/mol. The second kappa shape index (κ2) is 8.20. The molecule has 2 aliphatic heterocycles. The Labute approximate surface area is 184 Å². The SMILES string of the molecule is CCOc1cccc2c1OC[C@H](NS(=O)(=O)c1cc(Br)cc3c1N(C(C)=O)CC3)C2. The quantitative estimate of drug-likeness (QED) is 0.690. The number of carbonyl (C=O) groups excluding carboxylic acids is 1.